The van der Waals surface area contributed by atoms with Gasteiger partial charge in [-0.1, -0.05) is 35.9 Å². The number of nitrogens with zero attached hydrogens (tertiary/aromatic N) is 2. The molecule has 1 amide bonds. The van der Waals surface area contributed by atoms with Crippen molar-refractivity contribution in [2.45, 2.75) is 25.4 Å². The minimum atomic E-state index is -0.0124. The minimum absolute atomic E-state index is 0.0124. The van der Waals surface area contributed by atoms with Gasteiger partial charge in [0, 0.05) is 28.8 Å². The van der Waals surface area contributed by atoms with Crippen LogP contribution >= 0.6 is 11.6 Å². The summed E-state index contributed by atoms with van der Waals surface area (Å²) in [6.45, 7) is 2.90. The summed E-state index contributed by atoms with van der Waals surface area (Å²) in [6, 6.07) is 15.9. The van der Waals surface area contributed by atoms with Gasteiger partial charge in [0.1, 0.15) is 12.3 Å². The summed E-state index contributed by atoms with van der Waals surface area (Å²) in [4.78, 5) is 15.2. The van der Waals surface area contributed by atoms with Crippen LogP contribution < -0.4 is 10.1 Å². The molecule has 0 radical (unpaired) electrons. The van der Waals surface area contributed by atoms with Crippen LogP contribution in [-0.2, 0) is 11.3 Å². The SMILES string of the molecule is COc1ccccc1C(CNC(=O)Cn1ccc2ccc(Cl)cc21)N1CCCC1. The first-order valence-corrected chi connectivity index (χ1v) is 10.4. The Morgan fingerprint density at radius 1 is 1.17 bits per heavy atom. The molecule has 2 aromatic carbocycles. The predicted molar refractivity (Wildman–Crippen MR) is 116 cm³/mol. The first kappa shape index (κ1) is 19.8. The topological polar surface area (TPSA) is 46.5 Å². The number of carbonyl (C=O) groups excluding carboxylic acids is 1. The average Bonchev–Trinajstić information content (AvgIpc) is 3.39. The lowest BCUT2D eigenvalue weighted by atomic mass is 10.0. The molecule has 0 spiro atoms. The maximum absolute atomic E-state index is 12.7. The number of amides is 1. The van der Waals surface area contributed by atoms with Gasteiger partial charge in [0.25, 0.3) is 0 Å². The van der Waals surface area contributed by atoms with Crippen LogP contribution in [0.2, 0.25) is 5.02 Å². The third kappa shape index (κ3) is 4.41. The van der Waals surface area contributed by atoms with Crippen molar-refractivity contribution in [3.8, 4) is 5.75 Å². The summed E-state index contributed by atoms with van der Waals surface area (Å²) < 4.78 is 7.52. The van der Waals surface area contributed by atoms with E-state index in [4.69, 9.17) is 16.3 Å². The molecule has 29 heavy (non-hydrogen) atoms. The lowest BCUT2D eigenvalue weighted by molar-refractivity contribution is -0.121. The van der Waals surface area contributed by atoms with Crippen molar-refractivity contribution in [3.63, 3.8) is 0 Å². The average molecular weight is 412 g/mol. The second kappa shape index (κ2) is 8.89. The molecule has 1 aliphatic rings. The molecule has 0 aliphatic carbocycles. The zero-order valence-corrected chi connectivity index (χ0v) is 17.4. The highest BCUT2D eigenvalue weighted by atomic mass is 35.5. The number of ether oxygens (including phenoxy) is 1. The zero-order chi connectivity index (χ0) is 20.2. The number of fused-ring (bicyclic) bond motifs is 1. The number of aromatic nitrogens is 1. The molecule has 3 aromatic rings. The molecule has 0 bridgehead atoms. The van der Waals surface area contributed by atoms with Gasteiger partial charge in [-0.15, -0.1) is 0 Å². The fourth-order valence-electron chi connectivity index (χ4n) is 4.15. The van der Waals surface area contributed by atoms with Gasteiger partial charge in [-0.25, -0.2) is 0 Å². The Morgan fingerprint density at radius 2 is 1.97 bits per heavy atom. The number of hydrogen-bond donors (Lipinski definition) is 1. The maximum Gasteiger partial charge on any atom is 0.240 e. The van der Waals surface area contributed by atoms with Gasteiger partial charge in [-0.3, -0.25) is 9.69 Å². The molecule has 4 rings (SSSR count). The molecule has 2 heterocycles. The van der Waals surface area contributed by atoms with E-state index in [-0.39, 0.29) is 18.5 Å². The van der Waals surface area contributed by atoms with Crippen molar-refractivity contribution in [1.82, 2.24) is 14.8 Å². The number of nitrogens with one attached hydrogen (secondary N) is 1. The van der Waals surface area contributed by atoms with Crippen LogP contribution in [0.25, 0.3) is 10.9 Å². The third-order valence-electron chi connectivity index (χ3n) is 5.62. The highest BCUT2D eigenvalue weighted by Crippen LogP contribution is 2.31. The molecule has 1 N–H and O–H groups in total. The molecule has 1 saturated heterocycles. The number of hydrogen-bond acceptors (Lipinski definition) is 3. The molecular formula is C23H26ClN3O2. The summed E-state index contributed by atoms with van der Waals surface area (Å²) in [5.74, 6) is 0.853. The summed E-state index contributed by atoms with van der Waals surface area (Å²) in [7, 11) is 1.70. The van der Waals surface area contributed by atoms with E-state index < -0.39 is 0 Å². The Balaban J connectivity index is 1.48. The normalized spacial score (nSPS) is 15.5. The molecule has 1 unspecified atom stereocenters. The lowest BCUT2D eigenvalue weighted by Gasteiger charge is -2.29. The van der Waals surface area contributed by atoms with Crippen LogP contribution in [0.4, 0.5) is 0 Å². The van der Waals surface area contributed by atoms with E-state index in [0.29, 0.717) is 11.6 Å². The monoisotopic (exact) mass is 411 g/mol. The van der Waals surface area contributed by atoms with Crippen molar-refractivity contribution < 1.29 is 9.53 Å². The van der Waals surface area contributed by atoms with Crippen LogP contribution in [0, 0.1) is 0 Å². The van der Waals surface area contributed by atoms with Crippen LogP contribution in [-0.4, -0.2) is 42.1 Å². The van der Waals surface area contributed by atoms with E-state index in [1.807, 2.05) is 53.2 Å². The molecule has 6 heteroatoms. The number of rotatable bonds is 7. The first-order chi connectivity index (χ1) is 14.2. The van der Waals surface area contributed by atoms with Crippen LogP contribution in [0.15, 0.2) is 54.7 Å². The van der Waals surface area contributed by atoms with Gasteiger partial charge in [-0.2, -0.15) is 0 Å². The number of likely N-dealkylation sites (tertiary alicyclic amines) is 1. The molecule has 1 aliphatic heterocycles. The van der Waals surface area contributed by atoms with E-state index in [1.165, 1.54) is 12.8 Å². The van der Waals surface area contributed by atoms with Crippen molar-refractivity contribution in [1.29, 1.82) is 0 Å². The van der Waals surface area contributed by atoms with E-state index in [9.17, 15) is 4.79 Å². The first-order valence-electron chi connectivity index (χ1n) is 10.0. The number of benzene rings is 2. The third-order valence-corrected chi connectivity index (χ3v) is 5.86. The Kier molecular flexibility index (Phi) is 6.07. The second-order valence-corrected chi connectivity index (χ2v) is 7.89. The Labute approximate surface area is 176 Å². The minimum Gasteiger partial charge on any atom is -0.496 e. The number of methoxy groups -OCH3 is 1. The molecule has 1 atom stereocenters. The Hall–Kier alpha value is -2.50. The smallest absolute Gasteiger partial charge is 0.240 e. The molecule has 1 aromatic heterocycles. The van der Waals surface area contributed by atoms with E-state index in [0.717, 1.165) is 35.3 Å². The molecule has 0 saturated carbocycles. The van der Waals surface area contributed by atoms with Crippen LogP contribution in [0.3, 0.4) is 0 Å². The molecular weight excluding hydrogens is 386 g/mol. The lowest BCUT2D eigenvalue weighted by Crippen LogP contribution is -2.38. The highest BCUT2D eigenvalue weighted by Gasteiger charge is 2.26. The van der Waals surface area contributed by atoms with Crippen molar-refractivity contribution in [2.24, 2.45) is 0 Å². The van der Waals surface area contributed by atoms with Gasteiger partial charge in [0.15, 0.2) is 0 Å². The number of carbonyl (C=O) groups is 1. The maximum atomic E-state index is 12.7. The Morgan fingerprint density at radius 3 is 2.76 bits per heavy atom. The van der Waals surface area contributed by atoms with Gasteiger partial charge in [0.05, 0.1) is 13.2 Å². The second-order valence-electron chi connectivity index (χ2n) is 7.45. The fraction of sp³-hybridized carbons (Fsp3) is 0.348. The van der Waals surface area contributed by atoms with Gasteiger partial charge >= 0.3 is 0 Å². The van der Waals surface area contributed by atoms with E-state index >= 15 is 0 Å². The number of halogens is 1. The molecule has 152 valence electrons. The highest BCUT2D eigenvalue weighted by molar-refractivity contribution is 6.31. The number of para-hydroxylation sites is 1. The van der Waals surface area contributed by atoms with Crippen LogP contribution in [0.5, 0.6) is 5.75 Å². The fourth-order valence-corrected chi connectivity index (χ4v) is 4.31. The van der Waals surface area contributed by atoms with Crippen LogP contribution in [0.1, 0.15) is 24.4 Å². The standard InChI is InChI=1S/C23H26ClN3O2/c1-29-22-7-3-2-6-19(22)21(26-11-4-5-12-26)15-25-23(28)16-27-13-10-17-8-9-18(24)14-20(17)27/h2-3,6-10,13-14,21H,4-5,11-12,15-16H2,1H3,(H,25,28). The van der Waals surface area contributed by atoms with E-state index in [2.05, 4.69) is 16.3 Å². The summed E-state index contributed by atoms with van der Waals surface area (Å²) >= 11 is 6.12. The van der Waals surface area contributed by atoms with Crippen molar-refractivity contribution in [2.75, 3.05) is 26.7 Å². The van der Waals surface area contributed by atoms with Gasteiger partial charge < -0.3 is 14.6 Å². The summed E-state index contributed by atoms with van der Waals surface area (Å²) in [5.41, 5.74) is 2.09. The van der Waals surface area contributed by atoms with Gasteiger partial charge in [0.2, 0.25) is 5.91 Å². The molecule has 5 nitrogen and oxygen atoms in total. The summed E-state index contributed by atoms with van der Waals surface area (Å²) in [6.07, 6.45) is 4.31. The Bertz CT molecular complexity index is 995. The zero-order valence-electron chi connectivity index (χ0n) is 16.6. The predicted octanol–water partition coefficient (Wildman–Crippen LogP) is 4.26. The quantitative estimate of drug-likeness (QED) is 0.632. The van der Waals surface area contributed by atoms with Crippen molar-refractivity contribution in [3.05, 3.63) is 65.3 Å². The molecule has 1 fully saturated rings. The van der Waals surface area contributed by atoms with Gasteiger partial charge in [-0.05, 0) is 55.6 Å². The van der Waals surface area contributed by atoms with Crippen molar-refractivity contribution >= 4 is 28.4 Å². The largest absolute Gasteiger partial charge is 0.496 e. The van der Waals surface area contributed by atoms with E-state index in [1.54, 1.807) is 7.11 Å². The summed E-state index contributed by atoms with van der Waals surface area (Å²) in [5, 5.41) is 4.88.